The van der Waals surface area contributed by atoms with Gasteiger partial charge in [-0.3, -0.25) is 9.52 Å². The number of amides is 1. The number of hydrogen-bond donors (Lipinski definition) is 2. The molecule has 1 atom stereocenters. The van der Waals surface area contributed by atoms with Crippen molar-refractivity contribution in [1.29, 1.82) is 0 Å². The highest BCUT2D eigenvalue weighted by molar-refractivity contribution is 7.92. The minimum Gasteiger partial charge on any atom is -0.481 e. The van der Waals surface area contributed by atoms with E-state index in [0.717, 1.165) is 12.0 Å². The van der Waals surface area contributed by atoms with Crippen molar-refractivity contribution in [3.63, 3.8) is 0 Å². The van der Waals surface area contributed by atoms with Crippen LogP contribution in [0.2, 0.25) is 0 Å². The van der Waals surface area contributed by atoms with E-state index in [-0.39, 0.29) is 10.8 Å². The molecule has 2 rings (SSSR count). The van der Waals surface area contributed by atoms with Crippen molar-refractivity contribution in [2.45, 2.75) is 45.1 Å². The third-order valence-electron chi connectivity index (χ3n) is 4.14. The minimum absolute atomic E-state index is 0.127. The molecule has 0 aliphatic heterocycles. The van der Waals surface area contributed by atoms with Crippen LogP contribution in [0, 0.1) is 5.92 Å². The second kappa shape index (κ2) is 9.59. The lowest BCUT2D eigenvalue weighted by atomic mass is 10.1. The van der Waals surface area contributed by atoms with Gasteiger partial charge in [0.15, 0.2) is 6.10 Å². The van der Waals surface area contributed by atoms with E-state index in [1.54, 1.807) is 31.2 Å². The third kappa shape index (κ3) is 5.99. The largest absolute Gasteiger partial charge is 0.481 e. The lowest BCUT2D eigenvalue weighted by Gasteiger charge is -2.16. The van der Waals surface area contributed by atoms with Crippen molar-refractivity contribution in [2.24, 2.45) is 5.92 Å². The predicted octanol–water partition coefficient (Wildman–Crippen LogP) is 3.59. The SMILES string of the molecule is CCc1ccccc1NS(=O)(=O)c1ccc(O[C@@H](C)C(=O)NCC(C)C)cc1. The highest BCUT2D eigenvalue weighted by Gasteiger charge is 2.18. The summed E-state index contributed by atoms with van der Waals surface area (Å²) < 4.78 is 33.5. The zero-order valence-electron chi connectivity index (χ0n) is 16.7. The monoisotopic (exact) mass is 404 g/mol. The summed E-state index contributed by atoms with van der Waals surface area (Å²) in [6.45, 7) is 8.23. The zero-order valence-corrected chi connectivity index (χ0v) is 17.5. The smallest absolute Gasteiger partial charge is 0.261 e. The first-order chi connectivity index (χ1) is 13.2. The van der Waals surface area contributed by atoms with Crippen molar-refractivity contribution < 1.29 is 17.9 Å². The first-order valence-electron chi connectivity index (χ1n) is 9.38. The zero-order chi connectivity index (χ0) is 20.7. The molecular formula is C21H28N2O4S. The second-order valence-corrected chi connectivity index (χ2v) is 8.67. The van der Waals surface area contributed by atoms with Crippen LogP contribution in [0.5, 0.6) is 5.75 Å². The maximum atomic E-state index is 12.6. The average molecular weight is 405 g/mol. The van der Waals surface area contributed by atoms with Gasteiger partial charge in [-0.05, 0) is 55.2 Å². The lowest BCUT2D eigenvalue weighted by Crippen LogP contribution is -2.38. The van der Waals surface area contributed by atoms with Gasteiger partial charge in [0.05, 0.1) is 10.6 Å². The number of hydrogen-bond acceptors (Lipinski definition) is 4. The van der Waals surface area contributed by atoms with Gasteiger partial charge in [-0.2, -0.15) is 0 Å². The molecule has 28 heavy (non-hydrogen) atoms. The number of sulfonamides is 1. The Bertz CT molecular complexity index is 893. The Morgan fingerprint density at radius 1 is 1.04 bits per heavy atom. The van der Waals surface area contributed by atoms with Crippen LogP contribution >= 0.6 is 0 Å². The molecule has 7 heteroatoms. The van der Waals surface area contributed by atoms with Crippen molar-refractivity contribution in [3.8, 4) is 5.75 Å². The molecule has 0 saturated carbocycles. The maximum absolute atomic E-state index is 12.6. The van der Waals surface area contributed by atoms with Gasteiger partial charge in [-0.15, -0.1) is 0 Å². The lowest BCUT2D eigenvalue weighted by molar-refractivity contribution is -0.127. The van der Waals surface area contributed by atoms with Gasteiger partial charge in [0.2, 0.25) is 0 Å². The van der Waals surface area contributed by atoms with E-state index < -0.39 is 16.1 Å². The van der Waals surface area contributed by atoms with Crippen LogP contribution in [0.4, 0.5) is 5.69 Å². The van der Waals surface area contributed by atoms with Crippen molar-refractivity contribution in [2.75, 3.05) is 11.3 Å². The molecule has 0 aliphatic rings. The Labute approximate surface area is 167 Å². The minimum atomic E-state index is -3.71. The Balaban J connectivity index is 2.05. The summed E-state index contributed by atoms with van der Waals surface area (Å²) in [5, 5.41) is 2.81. The third-order valence-corrected chi connectivity index (χ3v) is 5.52. The highest BCUT2D eigenvalue weighted by Crippen LogP contribution is 2.22. The Morgan fingerprint density at radius 2 is 1.68 bits per heavy atom. The normalized spacial score (nSPS) is 12.5. The van der Waals surface area contributed by atoms with E-state index in [0.29, 0.717) is 23.9 Å². The summed E-state index contributed by atoms with van der Waals surface area (Å²) in [5.41, 5.74) is 1.49. The topological polar surface area (TPSA) is 84.5 Å². The fraction of sp³-hybridized carbons (Fsp3) is 0.381. The number of ether oxygens (including phenoxy) is 1. The van der Waals surface area contributed by atoms with Gasteiger partial charge >= 0.3 is 0 Å². The molecule has 0 aromatic heterocycles. The standard InChI is InChI=1S/C21H28N2O4S/c1-5-17-8-6-7-9-20(17)23-28(25,26)19-12-10-18(11-13-19)27-16(4)21(24)22-14-15(2)3/h6-13,15-16,23H,5,14H2,1-4H3,(H,22,24)/t16-/m0/s1. The van der Waals surface area contributed by atoms with Crippen LogP contribution < -0.4 is 14.8 Å². The van der Waals surface area contributed by atoms with Crippen molar-refractivity contribution in [3.05, 3.63) is 54.1 Å². The number of para-hydroxylation sites is 1. The molecule has 0 spiro atoms. The Hall–Kier alpha value is -2.54. The Morgan fingerprint density at radius 3 is 2.29 bits per heavy atom. The molecule has 0 heterocycles. The highest BCUT2D eigenvalue weighted by atomic mass is 32.2. The van der Waals surface area contributed by atoms with Gasteiger partial charge in [-0.25, -0.2) is 8.42 Å². The number of anilines is 1. The predicted molar refractivity (Wildman–Crippen MR) is 111 cm³/mol. The van der Waals surface area contributed by atoms with E-state index in [2.05, 4.69) is 10.0 Å². The summed E-state index contributed by atoms with van der Waals surface area (Å²) in [7, 11) is -3.71. The van der Waals surface area contributed by atoms with Gasteiger partial charge in [0.25, 0.3) is 15.9 Å². The van der Waals surface area contributed by atoms with Crippen LogP contribution in [0.1, 0.15) is 33.3 Å². The van der Waals surface area contributed by atoms with Gasteiger partial charge in [0.1, 0.15) is 5.75 Å². The van der Waals surface area contributed by atoms with E-state index in [4.69, 9.17) is 4.74 Å². The van der Waals surface area contributed by atoms with Crippen LogP contribution in [-0.2, 0) is 21.2 Å². The maximum Gasteiger partial charge on any atom is 0.261 e. The molecular weight excluding hydrogens is 376 g/mol. The average Bonchev–Trinajstić information content (AvgIpc) is 2.66. The quantitative estimate of drug-likeness (QED) is 0.669. The summed E-state index contributed by atoms with van der Waals surface area (Å²) in [6.07, 6.45) is 0.0538. The Kier molecular flexibility index (Phi) is 7.45. The fourth-order valence-corrected chi connectivity index (χ4v) is 3.64. The first kappa shape index (κ1) is 21.8. The number of carbonyl (C=O) groups is 1. The molecule has 0 radical (unpaired) electrons. The second-order valence-electron chi connectivity index (χ2n) is 6.99. The molecule has 0 saturated heterocycles. The molecule has 6 nitrogen and oxygen atoms in total. The molecule has 2 N–H and O–H groups in total. The molecule has 0 fully saturated rings. The van der Waals surface area contributed by atoms with Crippen LogP contribution in [0.15, 0.2) is 53.4 Å². The molecule has 0 bridgehead atoms. The molecule has 0 aliphatic carbocycles. The number of rotatable bonds is 9. The number of carbonyl (C=O) groups excluding carboxylic acids is 1. The van der Waals surface area contributed by atoms with Crippen molar-refractivity contribution in [1.82, 2.24) is 5.32 Å². The van der Waals surface area contributed by atoms with E-state index >= 15 is 0 Å². The number of aryl methyl sites for hydroxylation is 1. The van der Waals surface area contributed by atoms with Crippen LogP contribution in [0.3, 0.4) is 0 Å². The van der Waals surface area contributed by atoms with Gasteiger partial charge in [0, 0.05) is 6.54 Å². The summed E-state index contributed by atoms with van der Waals surface area (Å²) in [6, 6.07) is 13.3. The van der Waals surface area contributed by atoms with E-state index in [1.165, 1.54) is 12.1 Å². The summed E-state index contributed by atoms with van der Waals surface area (Å²) in [4.78, 5) is 12.1. The molecule has 2 aromatic rings. The van der Waals surface area contributed by atoms with Crippen LogP contribution in [0.25, 0.3) is 0 Å². The molecule has 2 aromatic carbocycles. The molecule has 152 valence electrons. The number of nitrogens with one attached hydrogen (secondary N) is 2. The van der Waals surface area contributed by atoms with Crippen molar-refractivity contribution >= 4 is 21.6 Å². The van der Waals surface area contributed by atoms with Crippen LogP contribution in [-0.4, -0.2) is 27.0 Å². The van der Waals surface area contributed by atoms with E-state index in [9.17, 15) is 13.2 Å². The van der Waals surface area contributed by atoms with Gasteiger partial charge in [-0.1, -0.05) is 39.0 Å². The fourth-order valence-electron chi connectivity index (χ4n) is 2.54. The first-order valence-corrected chi connectivity index (χ1v) is 10.9. The molecule has 1 amide bonds. The number of benzene rings is 2. The summed E-state index contributed by atoms with van der Waals surface area (Å²) in [5.74, 6) is 0.578. The van der Waals surface area contributed by atoms with E-state index in [1.807, 2.05) is 32.9 Å². The molecule has 0 unspecified atom stereocenters. The summed E-state index contributed by atoms with van der Waals surface area (Å²) >= 11 is 0. The van der Waals surface area contributed by atoms with Gasteiger partial charge < -0.3 is 10.1 Å².